The van der Waals surface area contributed by atoms with Crippen LogP contribution in [0.5, 0.6) is 0 Å². The molecule has 1 aromatic heterocycles. The van der Waals surface area contributed by atoms with Crippen LogP contribution in [0.4, 0.5) is 0 Å². The van der Waals surface area contributed by atoms with Crippen molar-refractivity contribution in [2.45, 2.75) is 51.5 Å². The Morgan fingerprint density at radius 2 is 1.74 bits per heavy atom. The van der Waals surface area contributed by atoms with Gasteiger partial charge in [0, 0.05) is 18.4 Å². The van der Waals surface area contributed by atoms with Gasteiger partial charge in [-0.15, -0.1) is 0 Å². The summed E-state index contributed by atoms with van der Waals surface area (Å²) in [6.45, 7) is 2.03. The van der Waals surface area contributed by atoms with E-state index in [1.54, 1.807) is 19.3 Å². The second kappa shape index (κ2) is 4.37. The van der Waals surface area contributed by atoms with Crippen molar-refractivity contribution in [1.82, 2.24) is 4.57 Å². The summed E-state index contributed by atoms with van der Waals surface area (Å²) >= 11 is 0. The molecule has 2 heteroatoms. The SMILES string of the molecule is NCCc1cccn1CC12CC3CC(CC(C3)C1)C2. The predicted molar refractivity (Wildman–Crippen MR) is 77.8 cm³/mol. The van der Waals surface area contributed by atoms with Crippen LogP contribution in [0.2, 0.25) is 0 Å². The first-order valence-electron chi connectivity index (χ1n) is 8.10. The van der Waals surface area contributed by atoms with Crippen LogP contribution in [0, 0.1) is 23.2 Å². The molecule has 1 aromatic rings. The van der Waals surface area contributed by atoms with Gasteiger partial charge in [0.25, 0.3) is 0 Å². The summed E-state index contributed by atoms with van der Waals surface area (Å²) in [6.07, 6.45) is 12.4. The number of hydrogen-bond acceptors (Lipinski definition) is 1. The van der Waals surface area contributed by atoms with E-state index in [0.717, 1.165) is 30.7 Å². The van der Waals surface area contributed by atoms with Crippen molar-refractivity contribution in [1.29, 1.82) is 0 Å². The maximum atomic E-state index is 5.74. The van der Waals surface area contributed by atoms with Crippen LogP contribution < -0.4 is 5.73 Å². The predicted octanol–water partition coefficient (Wildman–Crippen LogP) is 3.21. The van der Waals surface area contributed by atoms with Gasteiger partial charge in [-0.05, 0) is 86.8 Å². The summed E-state index contributed by atoms with van der Waals surface area (Å²) in [4.78, 5) is 0. The van der Waals surface area contributed by atoms with Gasteiger partial charge in [-0.2, -0.15) is 0 Å². The van der Waals surface area contributed by atoms with Crippen molar-refractivity contribution < 1.29 is 0 Å². The van der Waals surface area contributed by atoms with Gasteiger partial charge in [0.05, 0.1) is 0 Å². The van der Waals surface area contributed by atoms with Crippen molar-refractivity contribution in [3.63, 3.8) is 0 Å². The van der Waals surface area contributed by atoms with Gasteiger partial charge in [0.1, 0.15) is 0 Å². The van der Waals surface area contributed by atoms with E-state index in [1.165, 1.54) is 31.5 Å². The van der Waals surface area contributed by atoms with E-state index in [-0.39, 0.29) is 0 Å². The Morgan fingerprint density at radius 1 is 1.11 bits per heavy atom. The van der Waals surface area contributed by atoms with E-state index >= 15 is 0 Å². The van der Waals surface area contributed by atoms with Gasteiger partial charge in [-0.25, -0.2) is 0 Å². The van der Waals surface area contributed by atoms with Crippen molar-refractivity contribution in [3.8, 4) is 0 Å². The maximum Gasteiger partial charge on any atom is 0.0279 e. The Bertz CT molecular complexity index is 424. The van der Waals surface area contributed by atoms with Crippen molar-refractivity contribution in [3.05, 3.63) is 24.0 Å². The van der Waals surface area contributed by atoms with E-state index < -0.39 is 0 Å². The molecule has 4 fully saturated rings. The molecule has 2 nitrogen and oxygen atoms in total. The molecule has 2 N–H and O–H groups in total. The van der Waals surface area contributed by atoms with Crippen LogP contribution in [0.15, 0.2) is 18.3 Å². The minimum absolute atomic E-state index is 0.636. The first-order chi connectivity index (χ1) is 9.26. The minimum Gasteiger partial charge on any atom is -0.351 e. The third-order valence-corrected chi connectivity index (χ3v) is 5.99. The van der Waals surface area contributed by atoms with Crippen LogP contribution in [-0.4, -0.2) is 11.1 Å². The first-order valence-corrected chi connectivity index (χ1v) is 8.10. The number of nitrogens with zero attached hydrogens (tertiary/aromatic N) is 1. The van der Waals surface area contributed by atoms with Crippen molar-refractivity contribution >= 4 is 0 Å². The molecule has 4 bridgehead atoms. The average molecular weight is 258 g/mol. The maximum absolute atomic E-state index is 5.74. The van der Waals surface area contributed by atoms with Gasteiger partial charge in [0.15, 0.2) is 0 Å². The highest BCUT2D eigenvalue weighted by Gasteiger charge is 2.50. The Labute approximate surface area is 116 Å². The smallest absolute Gasteiger partial charge is 0.0279 e. The number of rotatable bonds is 4. The van der Waals surface area contributed by atoms with Crippen LogP contribution >= 0.6 is 0 Å². The first kappa shape index (κ1) is 12.0. The molecule has 0 aromatic carbocycles. The fourth-order valence-corrected chi connectivity index (χ4v) is 5.82. The van der Waals surface area contributed by atoms with E-state index in [0.29, 0.717) is 5.41 Å². The normalized spacial score (nSPS) is 39.9. The molecule has 4 aliphatic carbocycles. The fourth-order valence-electron chi connectivity index (χ4n) is 5.82. The Hall–Kier alpha value is -0.760. The standard InChI is InChI=1S/C17H26N2/c18-4-3-16-2-1-5-19(16)12-17-9-13-6-14(10-17)8-15(7-13)11-17/h1-2,5,13-15H,3-4,6-12,18H2. The summed E-state index contributed by atoms with van der Waals surface area (Å²) < 4.78 is 2.51. The van der Waals surface area contributed by atoms with Gasteiger partial charge >= 0.3 is 0 Å². The zero-order valence-electron chi connectivity index (χ0n) is 11.9. The van der Waals surface area contributed by atoms with Crippen LogP contribution in [0.25, 0.3) is 0 Å². The zero-order chi connectivity index (χ0) is 12.9. The topological polar surface area (TPSA) is 30.9 Å². The van der Waals surface area contributed by atoms with Crippen LogP contribution in [-0.2, 0) is 13.0 Å². The summed E-state index contributed by atoms with van der Waals surface area (Å²) in [7, 11) is 0. The third-order valence-electron chi connectivity index (χ3n) is 5.99. The average Bonchev–Trinajstić information content (AvgIpc) is 2.74. The fraction of sp³-hybridized carbons (Fsp3) is 0.765. The summed E-state index contributed by atoms with van der Waals surface area (Å²) in [6, 6.07) is 4.46. The molecule has 0 radical (unpaired) electrons. The molecule has 1 heterocycles. The number of hydrogen-bond donors (Lipinski definition) is 1. The van der Waals surface area contributed by atoms with Gasteiger partial charge in [-0.1, -0.05) is 0 Å². The Balaban J connectivity index is 1.57. The lowest BCUT2D eigenvalue weighted by atomic mass is 9.49. The highest BCUT2D eigenvalue weighted by atomic mass is 15.0. The number of nitrogens with two attached hydrogens (primary N) is 1. The molecule has 4 aliphatic rings. The van der Waals surface area contributed by atoms with Gasteiger partial charge in [-0.3, -0.25) is 0 Å². The Morgan fingerprint density at radius 3 is 2.32 bits per heavy atom. The van der Waals surface area contributed by atoms with Crippen molar-refractivity contribution in [2.75, 3.05) is 6.54 Å². The summed E-state index contributed by atoms with van der Waals surface area (Å²) in [5, 5.41) is 0. The molecule has 0 atom stereocenters. The lowest BCUT2D eigenvalue weighted by Crippen LogP contribution is -2.48. The lowest BCUT2D eigenvalue weighted by Gasteiger charge is -2.57. The largest absolute Gasteiger partial charge is 0.351 e. The molecule has 104 valence electrons. The summed E-state index contributed by atoms with van der Waals surface area (Å²) in [5.41, 5.74) is 7.82. The second-order valence-electron chi connectivity index (χ2n) is 7.58. The highest BCUT2D eigenvalue weighted by Crippen LogP contribution is 2.60. The molecule has 0 spiro atoms. The van der Waals surface area contributed by atoms with Crippen LogP contribution in [0.1, 0.15) is 44.2 Å². The molecule has 0 saturated heterocycles. The zero-order valence-corrected chi connectivity index (χ0v) is 11.9. The Kier molecular flexibility index (Phi) is 2.77. The molecule has 0 amide bonds. The quantitative estimate of drug-likeness (QED) is 0.883. The minimum atomic E-state index is 0.636. The molecule has 5 rings (SSSR count). The number of aromatic nitrogens is 1. The van der Waals surface area contributed by atoms with Gasteiger partial charge in [0.2, 0.25) is 0 Å². The highest BCUT2D eigenvalue weighted by molar-refractivity contribution is 5.10. The van der Waals surface area contributed by atoms with Crippen LogP contribution in [0.3, 0.4) is 0 Å². The molecule has 19 heavy (non-hydrogen) atoms. The molecule has 4 saturated carbocycles. The van der Waals surface area contributed by atoms with E-state index in [2.05, 4.69) is 22.9 Å². The monoisotopic (exact) mass is 258 g/mol. The lowest BCUT2D eigenvalue weighted by molar-refractivity contribution is -0.0621. The third kappa shape index (κ3) is 2.05. The van der Waals surface area contributed by atoms with Gasteiger partial charge < -0.3 is 10.3 Å². The molecular weight excluding hydrogens is 232 g/mol. The molecular formula is C17H26N2. The van der Waals surface area contributed by atoms with Crippen molar-refractivity contribution in [2.24, 2.45) is 28.9 Å². The molecule has 0 aliphatic heterocycles. The van der Waals surface area contributed by atoms with E-state index in [9.17, 15) is 0 Å². The van der Waals surface area contributed by atoms with E-state index in [1.807, 2.05) is 0 Å². The summed E-state index contributed by atoms with van der Waals surface area (Å²) in [5.74, 6) is 3.17. The second-order valence-corrected chi connectivity index (χ2v) is 7.58. The van der Waals surface area contributed by atoms with E-state index in [4.69, 9.17) is 5.73 Å². The molecule has 0 unspecified atom stereocenters.